The van der Waals surface area contributed by atoms with Gasteiger partial charge in [-0.2, -0.15) is 13.2 Å². The molecule has 1 atom stereocenters. The monoisotopic (exact) mass is 516 g/mol. The van der Waals surface area contributed by atoms with Crippen molar-refractivity contribution < 1.29 is 22.0 Å². The lowest BCUT2D eigenvalue weighted by Crippen LogP contribution is -2.24. The Hall–Kier alpha value is -2.17. The molecule has 3 aliphatic carbocycles. The molecule has 0 nitrogen and oxygen atoms in total. The third-order valence-electron chi connectivity index (χ3n) is 9.49. The van der Waals surface area contributed by atoms with E-state index in [1.54, 1.807) is 6.07 Å². The van der Waals surface area contributed by atoms with Crippen molar-refractivity contribution in [3.05, 3.63) is 76.4 Å². The fourth-order valence-electron chi connectivity index (χ4n) is 7.12. The third-order valence-corrected chi connectivity index (χ3v) is 9.49. The van der Waals surface area contributed by atoms with Gasteiger partial charge in [0.15, 0.2) is 0 Å². The largest absolute Gasteiger partial charge is 0.419 e. The van der Waals surface area contributed by atoms with E-state index in [2.05, 4.69) is 13.0 Å². The van der Waals surface area contributed by atoms with E-state index in [0.29, 0.717) is 36.3 Å². The first-order valence-electron chi connectivity index (χ1n) is 14.0. The molecule has 2 saturated carbocycles. The van der Waals surface area contributed by atoms with Crippen LogP contribution in [0, 0.1) is 29.4 Å². The van der Waals surface area contributed by atoms with E-state index in [9.17, 15) is 17.6 Å². The number of alkyl halides is 3. The molecule has 1 unspecified atom stereocenters. The van der Waals surface area contributed by atoms with Crippen molar-refractivity contribution in [2.45, 2.75) is 95.6 Å². The van der Waals surface area contributed by atoms with Gasteiger partial charge in [-0.05, 0) is 122 Å². The SMILES string of the molecule is CC1CCC(C2CCC(c3ccc(C4=CCC(c5ccc(C(F)(F)F)c(F)c5)CC4)c(F)c3)CC2)CC1. The molecule has 5 heteroatoms. The highest BCUT2D eigenvalue weighted by atomic mass is 19.4. The van der Waals surface area contributed by atoms with Gasteiger partial charge in [0.1, 0.15) is 11.6 Å². The van der Waals surface area contributed by atoms with Crippen LogP contribution in [0.1, 0.15) is 112 Å². The molecule has 0 aromatic heterocycles. The summed E-state index contributed by atoms with van der Waals surface area (Å²) in [5.41, 5.74) is 1.98. The molecule has 2 fully saturated rings. The molecule has 0 aliphatic heterocycles. The molecule has 5 rings (SSSR count). The Bertz CT molecular complexity index is 1110. The van der Waals surface area contributed by atoms with Crippen LogP contribution in [0.2, 0.25) is 0 Å². The number of rotatable bonds is 4. The normalized spacial score (nSPS) is 29.1. The maximum atomic E-state index is 15.2. The average molecular weight is 517 g/mol. The predicted molar refractivity (Wildman–Crippen MR) is 138 cm³/mol. The first-order chi connectivity index (χ1) is 17.7. The van der Waals surface area contributed by atoms with E-state index >= 15 is 4.39 Å². The summed E-state index contributed by atoms with van der Waals surface area (Å²) in [5, 5.41) is 0. The van der Waals surface area contributed by atoms with Gasteiger partial charge in [-0.25, -0.2) is 8.78 Å². The number of hydrogen-bond acceptors (Lipinski definition) is 0. The van der Waals surface area contributed by atoms with Crippen LogP contribution < -0.4 is 0 Å². The van der Waals surface area contributed by atoms with Gasteiger partial charge in [-0.1, -0.05) is 44.0 Å². The van der Waals surface area contributed by atoms with E-state index in [4.69, 9.17) is 0 Å². The van der Waals surface area contributed by atoms with Crippen molar-refractivity contribution in [1.82, 2.24) is 0 Å². The number of benzene rings is 2. The van der Waals surface area contributed by atoms with E-state index in [1.807, 2.05) is 12.1 Å². The summed E-state index contributed by atoms with van der Waals surface area (Å²) < 4.78 is 67.9. The van der Waals surface area contributed by atoms with Crippen molar-refractivity contribution in [3.8, 4) is 0 Å². The van der Waals surface area contributed by atoms with Crippen LogP contribution in [0.4, 0.5) is 22.0 Å². The summed E-state index contributed by atoms with van der Waals surface area (Å²) >= 11 is 0. The Labute approximate surface area is 217 Å². The van der Waals surface area contributed by atoms with Crippen LogP contribution in [0.15, 0.2) is 42.5 Å². The highest BCUT2D eigenvalue weighted by Crippen LogP contribution is 2.45. The standard InChI is InChI=1S/C32H37F5/c1-20-2-4-21(5-3-20)22-6-8-23(9-7-22)26-14-16-28(30(33)18-26)25-12-10-24(11-13-25)27-15-17-29(31(34)19-27)32(35,36)37/h12,14-24H,2-11,13H2,1H3. The van der Waals surface area contributed by atoms with Gasteiger partial charge in [0.05, 0.1) is 5.56 Å². The predicted octanol–water partition coefficient (Wildman–Crippen LogP) is 10.4. The maximum Gasteiger partial charge on any atom is 0.419 e. The highest BCUT2D eigenvalue weighted by molar-refractivity contribution is 5.67. The highest BCUT2D eigenvalue weighted by Gasteiger charge is 2.34. The lowest BCUT2D eigenvalue weighted by atomic mass is 9.68. The molecular formula is C32H37F5. The second-order valence-electron chi connectivity index (χ2n) is 11.8. The fourth-order valence-corrected chi connectivity index (χ4v) is 7.12. The molecule has 2 aromatic carbocycles. The summed E-state index contributed by atoms with van der Waals surface area (Å²) in [6.45, 7) is 2.37. The zero-order chi connectivity index (χ0) is 26.2. The minimum Gasteiger partial charge on any atom is -0.206 e. The van der Waals surface area contributed by atoms with Crippen LogP contribution >= 0.6 is 0 Å². The summed E-state index contributed by atoms with van der Waals surface area (Å²) in [6.07, 6.45) is 9.40. The zero-order valence-electron chi connectivity index (χ0n) is 21.6. The molecule has 2 aromatic rings. The van der Waals surface area contributed by atoms with Crippen molar-refractivity contribution >= 4 is 5.57 Å². The summed E-state index contributed by atoms with van der Waals surface area (Å²) in [5.74, 6) is 1.55. The van der Waals surface area contributed by atoms with Crippen LogP contribution in [0.25, 0.3) is 5.57 Å². The Morgan fingerprint density at radius 3 is 1.84 bits per heavy atom. The molecule has 0 amide bonds. The van der Waals surface area contributed by atoms with Crippen LogP contribution in [-0.4, -0.2) is 0 Å². The molecule has 37 heavy (non-hydrogen) atoms. The number of allylic oxidation sites excluding steroid dienone is 2. The number of halogens is 5. The Balaban J connectivity index is 1.20. The fraction of sp³-hybridized carbons (Fsp3) is 0.562. The maximum absolute atomic E-state index is 15.2. The molecule has 0 radical (unpaired) electrons. The molecule has 3 aliphatic rings. The van der Waals surface area contributed by atoms with Crippen LogP contribution in [0.3, 0.4) is 0 Å². The first kappa shape index (κ1) is 26.4. The smallest absolute Gasteiger partial charge is 0.206 e. The quantitative estimate of drug-likeness (QED) is 0.355. The van der Waals surface area contributed by atoms with Gasteiger partial charge in [0, 0.05) is 5.56 Å². The number of hydrogen-bond donors (Lipinski definition) is 0. The molecule has 0 bridgehead atoms. The van der Waals surface area contributed by atoms with Gasteiger partial charge in [0.2, 0.25) is 0 Å². The molecule has 0 heterocycles. The van der Waals surface area contributed by atoms with Gasteiger partial charge in [-0.3, -0.25) is 0 Å². The second-order valence-corrected chi connectivity index (χ2v) is 11.8. The van der Waals surface area contributed by atoms with Crippen molar-refractivity contribution in [2.24, 2.45) is 17.8 Å². The first-order valence-corrected chi connectivity index (χ1v) is 14.0. The topological polar surface area (TPSA) is 0 Å². The van der Waals surface area contributed by atoms with E-state index in [1.165, 1.54) is 44.6 Å². The molecular weight excluding hydrogens is 479 g/mol. The van der Waals surface area contributed by atoms with Crippen molar-refractivity contribution in [3.63, 3.8) is 0 Å². The molecule has 200 valence electrons. The summed E-state index contributed by atoms with van der Waals surface area (Å²) in [4.78, 5) is 0. The van der Waals surface area contributed by atoms with E-state index in [-0.39, 0.29) is 11.7 Å². The van der Waals surface area contributed by atoms with Crippen LogP contribution in [-0.2, 0) is 6.18 Å². The minimum atomic E-state index is -4.69. The van der Waals surface area contributed by atoms with Gasteiger partial charge in [0.25, 0.3) is 0 Å². The molecule has 0 N–H and O–H groups in total. The molecule has 0 spiro atoms. The Morgan fingerprint density at radius 2 is 1.27 bits per heavy atom. The Morgan fingerprint density at radius 1 is 0.676 bits per heavy atom. The second kappa shape index (κ2) is 10.9. The third kappa shape index (κ3) is 5.96. The van der Waals surface area contributed by atoms with Gasteiger partial charge >= 0.3 is 6.18 Å². The lowest BCUT2D eigenvalue weighted by molar-refractivity contribution is -0.140. The Kier molecular flexibility index (Phi) is 7.79. The zero-order valence-corrected chi connectivity index (χ0v) is 21.6. The average Bonchev–Trinajstić information content (AvgIpc) is 2.88. The van der Waals surface area contributed by atoms with Gasteiger partial charge in [-0.15, -0.1) is 0 Å². The minimum absolute atomic E-state index is 0.0644. The van der Waals surface area contributed by atoms with E-state index in [0.717, 1.165) is 53.9 Å². The van der Waals surface area contributed by atoms with Crippen molar-refractivity contribution in [1.29, 1.82) is 0 Å². The van der Waals surface area contributed by atoms with Gasteiger partial charge < -0.3 is 0 Å². The van der Waals surface area contributed by atoms with E-state index < -0.39 is 17.6 Å². The van der Waals surface area contributed by atoms with Crippen molar-refractivity contribution in [2.75, 3.05) is 0 Å². The molecule has 0 saturated heterocycles. The summed E-state index contributed by atoms with van der Waals surface area (Å²) in [6, 6.07) is 8.92. The lowest BCUT2D eigenvalue weighted by Gasteiger charge is -2.37. The summed E-state index contributed by atoms with van der Waals surface area (Å²) in [7, 11) is 0. The van der Waals surface area contributed by atoms with Crippen LogP contribution in [0.5, 0.6) is 0 Å².